The van der Waals surface area contributed by atoms with Crippen molar-refractivity contribution in [3.8, 4) is 5.75 Å². The summed E-state index contributed by atoms with van der Waals surface area (Å²) in [7, 11) is 1.94. The average Bonchev–Trinajstić information content (AvgIpc) is 3.03. The largest absolute Gasteiger partial charge is 0.489 e. The van der Waals surface area contributed by atoms with Gasteiger partial charge in [0.25, 0.3) is 0 Å². The van der Waals surface area contributed by atoms with Gasteiger partial charge in [-0.2, -0.15) is 5.10 Å². The lowest BCUT2D eigenvalue weighted by molar-refractivity contribution is 0.228. The molecule has 0 saturated carbocycles. The Labute approximate surface area is 156 Å². The molecule has 2 aromatic rings. The van der Waals surface area contributed by atoms with Crippen molar-refractivity contribution in [1.29, 1.82) is 0 Å². The van der Waals surface area contributed by atoms with Gasteiger partial charge in [-0.3, -0.25) is 4.68 Å². The predicted molar refractivity (Wildman–Crippen MR) is 107 cm³/mol. The van der Waals surface area contributed by atoms with E-state index in [0.29, 0.717) is 6.54 Å². The molecule has 6 nitrogen and oxygen atoms in total. The van der Waals surface area contributed by atoms with Crippen LogP contribution in [0, 0.1) is 6.92 Å². The van der Waals surface area contributed by atoms with Crippen molar-refractivity contribution < 1.29 is 4.74 Å². The predicted octanol–water partition coefficient (Wildman–Crippen LogP) is 2.68. The lowest BCUT2D eigenvalue weighted by Gasteiger charge is -2.16. The molecule has 26 heavy (non-hydrogen) atoms. The number of ether oxygens (including phenoxy) is 1. The second-order valence-electron chi connectivity index (χ2n) is 6.47. The molecule has 0 bridgehead atoms. The van der Waals surface area contributed by atoms with Crippen molar-refractivity contribution in [2.45, 2.75) is 39.7 Å². The van der Waals surface area contributed by atoms with Gasteiger partial charge >= 0.3 is 0 Å². The third-order valence-electron chi connectivity index (χ3n) is 3.97. The Morgan fingerprint density at radius 3 is 2.81 bits per heavy atom. The van der Waals surface area contributed by atoms with Crippen molar-refractivity contribution in [3.05, 3.63) is 47.8 Å². The third kappa shape index (κ3) is 6.78. The molecule has 0 spiro atoms. The van der Waals surface area contributed by atoms with Crippen molar-refractivity contribution in [3.63, 3.8) is 0 Å². The van der Waals surface area contributed by atoms with Gasteiger partial charge in [0.15, 0.2) is 5.96 Å². The lowest BCUT2D eigenvalue weighted by Crippen LogP contribution is -2.38. The van der Waals surface area contributed by atoms with Crippen molar-refractivity contribution in [2.75, 3.05) is 19.6 Å². The van der Waals surface area contributed by atoms with Gasteiger partial charge in [0.2, 0.25) is 0 Å². The molecular weight excluding hydrogens is 326 g/mol. The summed E-state index contributed by atoms with van der Waals surface area (Å²) in [4.78, 5) is 4.64. The van der Waals surface area contributed by atoms with E-state index < -0.39 is 0 Å². The van der Waals surface area contributed by atoms with Crippen LogP contribution in [0.3, 0.4) is 0 Å². The number of aromatic nitrogens is 2. The van der Waals surface area contributed by atoms with Gasteiger partial charge in [-0.05, 0) is 50.8 Å². The third-order valence-corrected chi connectivity index (χ3v) is 3.97. The summed E-state index contributed by atoms with van der Waals surface area (Å²) in [5.74, 6) is 1.75. The van der Waals surface area contributed by atoms with Crippen LogP contribution in [0.2, 0.25) is 0 Å². The van der Waals surface area contributed by atoms with Crippen LogP contribution in [0.1, 0.15) is 31.4 Å². The van der Waals surface area contributed by atoms with Crippen LogP contribution in [-0.2, 0) is 13.5 Å². The van der Waals surface area contributed by atoms with Gasteiger partial charge in [0, 0.05) is 26.3 Å². The summed E-state index contributed by atoms with van der Waals surface area (Å²) < 4.78 is 7.82. The van der Waals surface area contributed by atoms with E-state index in [9.17, 15) is 0 Å². The molecule has 0 radical (unpaired) electrons. The summed E-state index contributed by atoms with van der Waals surface area (Å²) in [6, 6.07) is 8.06. The fourth-order valence-corrected chi connectivity index (χ4v) is 2.60. The van der Waals surface area contributed by atoms with Gasteiger partial charge in [-0.25, -0.2) is 4.99 Å². The first-order chi connectivity index (χ1) is 12.6. The number of hydrogen-bond donors (Lipinski definition) is 2. The Morgan fingerprint density at radius 1 is 1.31 bits per heavy atom. The molecule has 0 aliphatic carbocycles. The molecule has 1 aromatic carbocycles. The molecule has 1 heterocycles. The quantitative estimate of drug-likeness (QED) is 0.411. The molecule has 2 N–H and O–H groups in total. The first-order valence-corrected chi connectivity index (χ1v) is 9.30. The molecule has 0 aliphatic rings. The Morgan fingerprint density at radius 2 is 2.12 bits per heavy atom. The Hall–Kier alpha value is -2.50. The van der Waals surface area contributed by atoms with E-state index in [0.717, 1.165) is 43.2 Å². The molecular formula is C20H31N5O. The number of aliphatic imine (C=N–C) groups is 1. The molecule has 0 saturated heterocycles. The molecule has 0 amide bonds. The van der Waals surface area contributed by atoms with Crippen molar-refractivity contribution in [2.24, 2.45) is 12.0 Å². The molecule has 1 atom stereocenters. The summed E-state index contributed by atoms with van der Waals surface area (Å²) in [5.41, 5.74) is 2.40. The molecule has 0 fully saturated rings. The van der Waals surface area contributed by atoms with E-state index in [-0.39, 0.29) is 6.10 Å². The van der Waals surface area contributed by atoms with E-state index in [2.05, 4.69) is 46.8 Å². The zero-order valence-corrected chi connectivity index (χ0v) is 16.3. The van der Waals surface area contributed by atoms with Crippen LogP contribution in [0.5, 0.6) is 5.75 Å². The van der Waals surface area contributed by atoms with Crippen LogP contribution < -0.4 is 15.4 Å². The van der Waals surface area contributed by atoms with E-state index >= 15 is 0 Å². The number of rotatable bonds is 9. The Bertz CT molecular complexity index is 695. The van der Waals surface area contributed by atoms with Crippen LogP contribution >= 0.6 is 0 Å². The first kappa shape index (κ1) is 19.8. The summed E-state index contributed by atoms with van der Waals surface area (Å²) in [6.45, 7) is 8.47. The highest BCUT2D eigenvalue weighted by molar-refractivity contribution is 5.79. The van der Waals surface area contributed by atoms with Gasteiger partial charge in [-0.1, -0.05) is 18.2 Å². The second kappa shape index (κ2) is 10.5. The smallest absolute Gasteiger partial charge is 0.191 e. The van der Waals surface area contributed by atoms with Crippen LogP contribution in [0.15, 0.2) is 41.7 Å². The molecule has 6 heteroatoms. The highest BCUT2D eigenvalue weighted by Crippen LogP contribution is 2.17. The molecule has 2 rings (SSSR count). The highest BCUT2D eigenvalue weighted by atomic mass is 16.5. The van der Waals surface area contributed by atoms with Crippen LogP contribution in [-0.4, -0.2) is 41.5 Å². The summed E-state index contributed by atoms with van der Waals surface area (Å²) in [5, 5.41) is 10.9. The normalized spacial score (nSPS) is 12.7. The maximum Gasteiger partial charge on any atom is 0.191 e. The fraction of sp³-hybridized carbons (Fsp3) is 0.500. The number of para-hydroxylation sites is 1. The Kier molecular flexibility index (Phi) is 7.99. The topological polar surface area (TPSA) is 63.5 Å². The minimum atomic E-state index is 0.0157. The van der Waals surface area contributed by atoms with E-state index in [1.165, 1.54) is 5.56 Å². The van der Waals surface area contributed by atoms with Crippen LogP contribution in [0.25, 0.3) is 0 Å². The SMILES string of the molecule is CCNC(=NCC(C)Oc1ccccc1C)NCCCc1cnn(C)c1. The Balaban J connectivity index is 1.76. The lowest BCUT2D eigenvalue weighted by atomic mass is 10.2. The summed E-state index contributed by atoms with van der Waals surface area (Å²) in [6.07, 6.45) is 6.04. The molecule has 1 aromatic heterocycles. The number of aryl methyl sites for hydroxylation is 3. The highest BCUT2D eigenvalue weighted by Gasteiger charge is 2.06. The molecule has 1 unspecified atom stereocenters. The number of hydrogen-bond acceptors (Lipinski definition) is 3. The molecule has 0 aliphatic heterocycles. The monoisotopic (exact) mass is 357 g/mol. The zero-order valence-electron chi connectivity index (χ0n) is 16.3. The summed E-state index contributed by atoms with van der Waals surface area (Å²) >= 11 is 0. The fourth-order valence-electron chi connectivity index (χ4n) is 2.60. The van der Waals surface area contributed by atoms with Crippen LogP contribution in [0.4, 0.5) is 0 Å². The minimum Gasteiger partial charge on any atom is -0.489 e. The van der Waals surface area contributed by atoms with Gasteiger partial charge in [0.1, 0.15) is 11.9 Å². The maximum absolute atomic E-state index is 5.99. The maximum atomic E-state index is 5.99. The van der Waals surface area contributed by atoms with Crippen molar-refractivity contribution in [1.82, 2.24) is 20.4 Å². The number of guanidine groups is 1. The molecule has 142 valence electrons. The van der Waals surface area contributed by atoms with E-state index in [1.54, 1.807) is 0 Å². The minimum absolute atomic E-state index is 0.0157. The average molecular weight is 358 g/mol. The zero-order chi connectivity index (χ0) is 18.8. The van der Waals surface area contributed by atoms with Gasteiger partial charge in [0.05, 0.1) is 12.7 Å². The van der Waals surface area contributed by atoms with Crippen molar-refractivity contribution >= 4 is 5.96 Å². The second-order valence-corrected chi connectivity index (χ2v) is 6.47. The number of benzene rings is 1. The number of nitrogens with one attached hydrogen (secondary N) is 2. The van der Waals surface area contributed by atoms with Gasteiger partial charge < -0.3 is 15.4 Å². The van der Waals surface area contributed by atoms with E-state index in [1.807, 2.05) is 43.0 Å². The number of nitrogens with zero attached hydrogens (tertiary/aromatic N) is 3. The van der Waals surface area contributed by atoms with Gasteiger partial charge in [-0.15, -0.1) is 0 Å². The first-order valence-electron chi connectivity index (χ1n) is 9.30. The standard InChI is InChI=1S/C20H31N5O/c1-5-21-20(22-12-8-10-18-14-24-25(4)15-18)23-13-17(3)26-19-11-7-6-9-16(19)2/h6-7,9,11,14-15,17H,5,8,10,12-13H2,1-4H3,(H2,21,22,23). The van der Waals surface area contributed by atoms with E-state index in [4.69, 9.17) is 4.74 Å².